The fourth-order valence-corrected chi connectivity index (χ4v) is 7.52. The molecule has 1 heterocycles. The molecule has 0 aromatic heterocycles. The second-order valence-electron chi connectivity index (χ2n) is 18.6. The van der Waals surface area contributed by atoms with Crippen molar-refractivity contribution in [3.05, 3.63) is 72.0 Å². The Morgan fingerprint density at radius 1 is 0.822 bits per heavy atom. The highest BCUT2D eigenvalue weighted by molar-refractivity contribution is 6.00. The molecule has 0 aliphatic carbocycles. The van der Waals surface area contributed by atoms with Crippen molar-refractivity contribution in [1.82, 2.24) is 36.8 Å². The average molecular weight is 1020 g/mol. The summed E-state index contributed by atoms with van der Waals surface area (Å²) in [7, 11) is 1.20. The monoisotopic (exact) mass is 1020 g/mol. The van der Waals surface area contributed by atoms with Crippen LogP contribution in [0.2, 0.25) is 0 Å². The molecule has 23 nitrogen and oxygen atoms in total. The molecule has 23 heteroatoms. The lowest BCUT2D eigenvalue weighted by molar-refractivity contribution is -0.148. The molecule has 1 aromatic carbocycles. The van der Waals surface area contributed by atoms with Gasteiger partial charge < -0.3 is 63.2 Å². The summed E-state index contributed by atoms with van der Waals surface area (Å²) in [5.41, 5.74) is 12.1. The number of benzene rings is 1. The highest BCUT2D eigenvalue weighted by Crippen LogP contribution is 2.20. The summed E-state index contributed by atoms with van der Waals surface area (Å²) in [5.74, 6) is -13.6. The number of hydrogen-bond acceptors (Lipinski definition) is 12. The van der Waals surface area contributed by atoms with Gasteiger partial charge in [0.25, 0.3) is 5.91 Å². The van der Waals surface area contributed by atoms with Crippen LogP contribution in [0.15, 0.2) is 71.4 Å². The number of esters is 1. The quantitative estimate of drug-likeness (QED) is 0.0286. The van der Waals surface area contributed by atoms with Crippen molar-refractivity contribution >= 4 is 65.2 Å². The molecule has 1 saturated heterocycles. The highest BCUT2D eigenvalue weighted by atomic mass is 16.5. The second-order valence-corrected chi connectivity index (χ2v) is 18.6. The maximum Gasteiger partial charge on any atom is 0.327 e. The zero-order valence-corrected chi connectivity index (χ0v) is 43.1. The first-order chi connectivity index (χ1) is 34.1. The summed E-state index contributed by atoms with van der Waals surface area (Å²) < 4.78 is 5.67. The number of likely N-dealkylation sites (N-methyl/N-ethyl adjacent to an activating group) is 1. The largest absolute Gasteiger partial charge is 0.480 e. The number of nitrogens with two attached hydrogens (primary N) is 2. The summed E-state index contributed by atoms with van der Waals surface area (Å²) in [4.78, 5) is 138. The third-order valence-electron chi connectivity index (χ3n) is 12.0. The topological polar surface area (TPSA) is 360 Å². The molecular formula is C50H74N10O13. The van der Waals surface area contributed by atoms with Crippen molar-refractivity contribution < 1.29 is 62.9 Å². The third-order valence-corrected chi connectivity index (χ3v) is 12.0. The van der Waals surface area contributed by atoms with Gasteiger partial charge >= 0.3 is 17.9 Å². The number of nitrogens with zero attached hydrogens (tertiary/aromatic N) is 2. The van der Waals surface area contributed by atoms with E-state index in [1.54, 1.807) is 26.8 Å². The Labute approximate surface area is 425 Å². The van der Waals surface area contributed by atoms with Crippen LogP contribution in [0.4, 0.5) is 0 Å². The first kappa shape index (κ1) is 61.5. The number of amides is 7. The lowest BCUT2D eigenvalue weighted by atomic mass is 9.94. The van der Waals surface area contributed by atoms with E-state index in [0.717, 1.165) is 10.5 Å². The maximum atomic E-state index is 14.4. The Balaban J connectivity index is 2.76. The normalized spacial score (nSPS) is 24.8. The van der Waals surface area contributed by atoms with Crippen molar-refractivity contribution in [2.45, 2.75) is 136 Å². The second kappa shape index (κ2) is 29.7. The molecule has 73 heavy (non-hydrogen) atoms. The molecule has 1 aliphatic heterocycles. The van der Waals surface area contributed by atoms with Crippen LogP contribution in [0.25, 0.3) is 0 Å². The summed E-state index contributed by atoms with van der Waals surface area (Å²) in [6.07, 6.45) is 3.70. The van der Waals surface area contributed by atoms with Crippen LogP contribution in [0.1, 0.15) is 93.1 Å². The van der Waals surface area contributed by atoms with E-state index < -0.39 is 132 Å². The van der Waals surface area contributed by atoms with Gasteiger partial charge in [0, 0.05) is 39.3 Å². The number of guanidine groups is 1. The Kier molecular flexibility index (Phi) is 25.0. The number of aliphatic imine (C=N–C) groups is 1. The number of nitrogens with one attached hydrogen (secondary N) is 6. The zero-order chi connectivity index (χ0) is 55.3. The van der Waals surface area contributed by atoms with E-state index >= 15 is 0 Å². The van der Waals surface area contributed by atoms with Crippen molar-refractivity contribution in [1.29, 1.82) is 0 Å². The molecule has 0 saturated carbocycles. The molecule has 10 atom stereocenters. The summed E-state index contributed by atoms with van der Waals surface area (Å²) in [5, 5.41) is 35.4. The zero-order valence-electron chi connectivity index (χ0n) is 43.1. The van der Waals surface area contributed by atoms with E-state index in [2.05, 4.69) is 43.5 Å². The number of carboxylic acids is 2. The maximum absolute atomic E-state index is 14.4. The van der Waals surface area contributed by atoms with Gasteiger partial charge in [0.2, 0.25) is 35.4 Å². The van der Waals surface area contributed by atoms with Crippen LogP contribution in [0.3, 0.4) is 0 Å². The number of carbonyl (C=O) groups is 10. The Morgan fingerprint density at radius 3 is 2.00 bits per heavy atom. The van der Waals surface area contributed by atoms with Gasteiger partial charge in [-0.05, 0) is 51.0 Å². The molecule has 402 valence electrons. The fraction of sp³-hybridized carbons (Fsp3) is 0.540. The van der Waals surface area contributed by atoms with E-state index in [-0.39, 0.29) is 43.6 Å². The minimum atomic E-state index is -1.90. The highest BCUT2D eigenvalue weighted by Gasteiger charge is 2.37. The molecule has 1 fully saturated rings. The number of ether oxygens (including phenoxy) is 1. The van der Waals surface area contributed by atoms with Crippen LogP contribution in [-0.2, 0) is 59.1 Å². The van der Waals surface area contributed by atoms with Gasteiger partial charge in [0.15, 0.2) is 5.96 Å². The molecule has 0 radical (unpaired) electrons. The van der Waals surface area contributed by atoms with Gasteiger partial charge in [-0.1, -0.05) is 95.3 Å². The molecule has 1 aromatic rings. The number of rotatable bonds is 15. The standard InChI is InChI=1S/C50H74N10O13/c1-26(2)23-38-47(68)59-41(49(71)72)30(6)43(64)56-36(17-14-22-53-50(51)52)46(67)55-35(19-18-27(3)24-28(4)39(73-33(9)61)25-34-15-12-11-13-16-34)29(5)42(63)57-37(48(69)70)20-21-40(62)60(10)32(8)45(66)54-31(7)44(65)58-38/h11-13,15-16,18-19,24,26,28-31,35-39,41H,8,14,17,20-23,25H2,1-7,9-10H3,(H,54,66)(H,55,67)(H,56,64)(H,57,63)(H,58,65)(H,59,68)(H,69,70)(H,71,72)(H4,51,52,53)/t28-,29+,30+,31+,35+,36+,37+,38-,39+,41+/m0/s1. The minimum Gasteiger partial charge on any atom is -0.480 e. The van der Waals surface area contributed by atoms with Crippen LogP contribution >= 0.6 is 0 Å². The molecule has 12 N–H and O–H groups in total. The number of allylic oxidation sites excluding steroid dienone is 2. The molecule has 0 unspecified atom stereocenters. The Hall–Kier alpha value is -7.59. The van der Waals surface area contributed by atoms with Gasteiger partial charge in [-0.15, -0.1) is 0 Å². The van der Waals surface area contributed by atoms with Crippen LogP contribution < -0.4 is 43.4 Å². The van der Waals surface area contributed by atoms with Crippen molar-refractivity contribution in [3.8, 4) is 0 Å². The molecule has 2 rings (SSSR count). The predicted octanol–water partition coefficient (Wildman–Crippen LogP) is 0.535. The van der Waals surface area contributed by atoms with Crippen molar-refractivity contribution in [2.24, 2.45) is 40.1 Å². The lowest BCUT2D eigenvalue weighted by Crippen LogP contribution is -2.59. The third kappa shape index (κ3) is 21.0. The Bertz CT molecular complexity index is 2260. The number of hydrogen-bond donors (Lipinski definition) is 10. The molecule has 1 aliphatic rings. The van der Waals surface area contributed by atoms with E-state index in [9.17, 15) is 58.2 Å². The van der Waals surface area contributed by atoms with E-state index in [0.29, 0.717) is 12.0 Å². The SMILES string of the molecule is C=C1C(=O)N[C@H](C)C(=O)N[C@@H](CC(C)C)C(=O)N[C@@H](C(=O)O)[C@@H](C)C(=O)N[C@H](CCCN=C(N)N)C(=O)N[C@H](C=CC(C)=C[C@H](C)[C@@H](Cc2ccccc2)OC(C)=O)[C@@H](C)C(=O)N[C@@H](C(=O)O)CCC(=O)N1C. The van der Waals surface area contributed by atoms with Gasteiger partial charge in [0.1, 0.15) is 42.0 Å². The van der Waals surface area contributed by atoms with Crippen molar-refractivity contribution in [3.63, 3.8) is 0 Å². The average Bonchev–Trinajstić information content (AvgIpc) is 3.31. The molecule has 7 amide bonds. The van der Waals surface area contributed by atoms with Crippen LogP contribution in [-0.4, -0.2) is 136 Å². The summed E-state index contributed by atoms with van der Waals surface area (Å²) in [6, 6.07) is 0.440. The van der Waals surface area contributed by atoms with Gasteiger partial charge in [-0.2, -0.15) is 0 Å². The summed E-state index contributed by atoms with van der Waals surface area (Å²) in [6.45, 7) is 15.9. The molecule has 0 spiro atoms. The molecular weight excluding hydrogens is 949 g/mol. The predicted molar refractivity (Wildman–Crippen MR) is 269 cm³/mol. The smallest absolute Gasteiger partial charge is 0.327 e. The van der Waals surface area contributed by atoms with Crippen LogP contribution in [0.5, 0.6) is 0 Å². The first-order valence-electron chi connectivity index (χ1n) is 24.0. The van der Waals surface area contributed by atoms with Crippen LogP contribution in [0, 0.1) is 23.7 Å². The first-order valence-corrected chi connectivity index (χ1v) is 24.0. The van der Waals surface area contributed by atoms with E-state index in [1.807, 2.05) is 43.3 Å². The Morgan fingerprint density at radius 2 is 1.42 bits per heavy atom. The number of carboxylic acid groups (broad SMARTS) is 2. The van der Waals surface area contributed by atoms with Gasteiger partial charge in [-0.25, -0.2) is 9.59 Å². The van der Waals surface area contributed by atoms with Gasteiger partial charge in [-0.3, -0.25) is 43.3 Å². The molecule has 0 bridgehead atoms. The number of aliphatic carboxylic acids is 2. The minimum absolute atomic E-state index is 0.00249. The van der Waals surface area contributed by atoms with Gasteiger partial charge in [0.05, 0.1) is 17.9 Å². The number of carbonyl (C=O) groups excluding carboxylic acids is 8. The van der Waals surface area contributed by atoms with E-state index in [4.69, 9.17) is 16.2 Å². The lowest BCUT2D eigenvalue weighted by Gasteiger charge is -2.28. The summed E-state index contributed by atoms with van der Waals surface area (Å²) >= 11 is 0. The van der Waals surface area contributed by atoms with Crippen molar-refractivity contribution in [2.75, 3.05) is 13.6 Å². The fourth-order valence-electron chi connectivity index (χ4n) is 7.52. The van der Waals surface area contributed by atoms with E-state index in [1.165, 1.54) is 40.8 Å².